The number of ether oxygens (including phenoxy) is 3. The van der Waals surface area contributed by atoms with Crippen LogP contribution in [0.1, 0.15) is 168 Å². The lowest BCUT2D eigenvalue weighted by Crippen LogP contribution is -2.63. The first-order valence-corrected chi connectivity index (χ1v) is 17.8. The molecule has 4 unspecified atom stereocenters. The Morgan fingerprint density at radius 2 is 0.955 bits per heavy atom. The van der Waals surface area contributed by atoms with Crippen molar-refractivity contribution in [1.82, 2.24) is 0 Å². The molecule has 1 aliphatic rings. The van der Waals surface area contributed by atoms with E-state index in [4.69, 9.17) is 14.2 Å². The molecule has 3 N–H and O–H groups in total. The third-order valence-corrected chi connectivity index (χ3v) is 8.99. The van der Waals surface area contributed by atoms with Crippen LogP contribution in [0.25, 0.3) is 0 Å². The van der Waals surface area contributed by atoms with Crippen molar-refractivity contribution < 1.29 is 43.9 Å². The van der Waals surface area contributed by atoms with Gasteiger partial charge in [0.25, 0.3) is 0 Å². The lowest BCUT2D eigenvalue weighted by atomic mass is 9.72. The minimum absolute atomic E-state index is 0.0114. The number of esters is 3. The number of carbonyl (C=O) groups excluding carboxylic acids is 3. The van der Waals surface area contributed by atoms with Gasteiger partial charge in [0.2, 0.25) is 17.8 Å². The van der Waals surface area contributed by atoms with Gasteiger partial charge in [-0.25, -0.2) is 14.4 Å². The van der Waals surface area contributed by atoms with Crippen LogP contribution in [0.2, 0.25) is 0 Å². The van der Waals surface area contributed by atoms with E-state index >= 15 is 0 Å². The summed E-state index contributed by atoms with van der Waals surface area (Å²) in [4.78, 5) is 40.1. The average molecular weight is 629 g/mol. The molecule has 0 aromatic heterocycles. The molecular weight excluding hydrogens is 564 g/mol. The third-order valence-electron chi connectivity index (χ3n) is 8.99. The van der Waals surface area contributed by atoms with Gasteiger partial charge in [-0.1, -0.05) is 143 Å². The van der Waals surface area contributed by atoms with Crippen molar-refractivity contribution in [2.75, 3.05) is 13.2 Å². The smallest absolute Gasteiger partial charge is 0.354 e. The first-order valence-electron chi connectivity index (χ1n) is 17.8. The molecule has 0 bridgehead atoms. The lowest BCUT2D eigenvalue weighted by Gasteiger charge is -2.45. The Bertz CT molecular complexity index is 786. The largest absolute Gasteiger partial charge is 0.445 e. The monoisotopic (exact) mass is 628 g/mol. The molecule has 0 spiro atoms. The fourth-order valence-corrected chi connectivity index (χ4v) is 6.14. The van der Waals surface area contributed by atoms with Gasteiger partial charge in [-0.05, 0) is 19.3 Å². The maximum atomic E-state index is 14.1. The van der Waals surface area contributed by atoms with Crippen LogP contribution in [0.5, 0.6) is 0 Å². The second-order valence-corrected chi connectivity index (χ2v) is 12.7. The minimum atomic E-state index is -2.10. The highest BCUT2D eigenvalue weighted by Gasteiger charge is 2.61. The molecule has 1 fully saturated rings. The number of aliphatic hydroxyl groups is 3. The third kappa shape index (κ3) is 13.7. The minimum Gasteiger partial charge on any atom is -0.445 e. The summed E-state index contributed by atoms with van der Waals surface area (Å²) in [6, 6.07) is 0. The van der Waals surface area contributed by atoms with Crippen molar-refractivity contribution in [2.45, 2.75) is 192 Å². The molecule has 9 heteroatoms. The van der Waals surface area contributed by atoms with Crippen molar-refractivity contribution in [3.63, 3.8) is 0 Å². The van der Waals surface area contributed by atoms with Crippen molar-refractivity contribution in [2.24, 2.45) is 0 Å². The first kappa shape index (κ1) is 40.3. The quantitative estimate of drug-likeness (QED) is 0.0533. The van der Waals surface area contributed by atoms with E-state index in [2.05, 4.69) is 20.8 Å². The number of aliphatic hydroxyl groups excluding tert-OH is 2. The second-order valence-electron chi connectivity index (χ2n) is 12.7. The Morgan fingerprint density at radius 3 is 1.39 bits per heavy atom. The van der Waals surface area contributed by atoms with E-state index in [9.17, 15) is 29.7 Å². The van der Waals surface area contributed by atoms with Crippen molar-refractivity contribution in [3.05, 3.63) is 0 Å². The van der Waals surface area contributed by atoms with E-state index in [-0.39, 0.29) is 19.3 Å². The molecular formula is C35H64O9. The number of rotatable bonds is 26. The molecule has 44 heavy (non-hydrogen) atoms. The van der Waals surface area contributed by atoms with Gasteiger partial charge >= 0.3 is 17.9 Å². The Morgan fingerprint density at radius 1 is 0.568 bits per heavy atom. The molecule has 258 valence electrons. The summed E-state index contributed by atoms with van der Waals surface area (Å²) in [5.41, 5.74) is -3.86. The van der Waals surface area contributed by atoms with Gasteiger partial charge in [0.15, 0.2) is 0 Å². The van der Waals surface area contributed by atoms with Gasteiger partial charge in [-0.2, -0.15) is 0 Å². The van der Waals surface area contributed by atoms with E-state index in [1.165, 1.54) is 25.7 Å². The van der Waals surface area contributed by atoms with Crippen molar-refractivity contribution in [3.8, 4) is 0 Å². The summed E-state index contributed by atoms with van der Waals surface area (Å²) in [6.45, 7) is 4.75. The molecule has 0 saturated carbocycles. The van der Waals surface area contributed by atoms with Crippen molar-refractivity contribution >= 4 is 17.9 Å². The van der Waals surface area contributed by atoms with Gasteiger partial charge in [0.05, 0.1) is 13.2 Å². The zero-order valence-corrected chi connectivity index (χ0v) is 28.1. The van der Waals surface area contributed by atoms with Crippen LogP contribution in [0.15, 0.2) is 0 Å². The summed E-state index contributed by atoms with van der Waals surface area (Å²) in [5, 5.41) is 32.3. The molecule has 0 aromatic rings. The molecule has 1 saturated heterocycles. The zero-order valence-electron chi connectivity index (χ0n) is 28.1. The number of hydrogen-bond acceptors (Lipinski definition) is 9. The van der Waals surface area contributed by atoms with Gasteiger partial charge in [0, 0.05) is 6.42 Å². The lowest BCUT2D eigenvalue weighted by molar-refractivity contribution is -0.225. The van der Waals surface area contributed by atoms with E-state index in [0.717, 1.165) is 83.5 Å². The van der Waals surface area contributed by atoms with Crippen LogP contribution in [0, 0.1) is 0 Å². The molecule has 0 aromatic carbocycles. The fourth-order valence-electron chi connectivity index (χ4n) is 6.14. The molecule has 1 rings (SSSR count). The van der Waals surface area contributed by atoms with Crippen LogP contribution >= 0.6 is 0 Å². The summed E-state index contributed by atoms with van der Waals surface area (Å²) < 4.78 is 16.5. The van der Waals surface area contributed by atoms with Crippen LogP contribution in [-0.4, -0.2) is 69.9 Å². The van der Waals surface area contributed by atoms with Gasteiger partial charge in [0.1, 0.15) is 5.60 Å². The van der Waals surface area contributed by atoms with Gasteiger partial charge in [-0.15, -0.1) is 0 Å². The number of carbonyl (C=O) groups is 3. The highest BCUT2D eigenvalue weighted by atomic mass is 16.7. The maximum Gasteiger partial charge on any atom is 0.354 e. The van der Waals surface area contributed by atoms with E-state index in [0.29, 0.717) is 19.3 Å². The fraction of sp³-hybridized carbons (Fsp3) is 0.914. The molecule has 1 aliphatic heterocycles. The molecule has 1 heterocycles. The SMILES string of the molecule is CCCCCCCCCCC(O)(CCCCCCCC)C1(CCCCCCCC)OC(=O)C(CO)OC(=O)C(CO)OC1=O. The molecule has 9 nitrogen and oxygen atoms in total. The van der Waals surface area contributed by atoms with Gasteiger partial charge < -0.3 is 29.5 Å². The van der Waals surface area contributed by atoms with E-state index in [1.807, 2.05) is 0 Å². The predicted octanol–water partition coefficient (Wildman–Crippen LogP) is 6.85. The summed E-state index contributed by atoms with van der Waals surface area (Å²) in [7, 11) is 0. The van der Waals surface area contributed by atoms with E-state index in [1.54, 1.807) is 0 Å². The first-order chi connectivity index (χ1) is 21.2. The number of hydrogen-bond donors (Lipinski definition) is 3. The summed E-state index contributed by atoms with van der Waals surface area (Å²) in [6.07, 6.45) is 16.7. The van der Waals surface area contributed by atoms with Crippen molar-refractivity contribution in [1.29, 1.82) is 0 Å². The van der Waals surface area contributed by atoms with Crippen LogP contribution in [0.4, 0.5) is 0 Å². The number of unbranched alkanes of at least 4 members (excludes halogenated alkanes) is 17. The highest BCUT2D eigenvalue weighted by Crippen LogP contribution is 2.42. The summed E-state index contributed by atoms with van der Waals surface area (Å²) in [5.74, 6) is -3.28. The Labute approximate surface area is 266 Å². The topological polar surface area (TPSA) is 140 Å². The normalized spacial score (nSPS) is 22.4. The van der Waals surface area contributed by atoms with Crippen LogP contribution < -0.4 is 0 Å². The standard InChI is InChI=1S/C35H64O9/c1-4-7-10-13-16-17-19-22-25-34(41,24-21-18-14-11-8-5-2)35(26-23-20-15-12-9-6-3)33(40)43-29(27-36)31(38)42-30(28-37)32(39)44-35/h29-30,36-37,41H,4-28H2,1-3H3. The Hall–Kier alpha value is -1.71. The highest BCUT2D eigenvalue weighted by molar-refractivity contribution is 5.91. The van der Waals surface area contributed by atoms with E-state index < -0.39 is 54.5 Å². The van der Waals surface area contributed by atoms with Crippen LogP contribution in [-0.2, 0) is 28.6 Å². The Balaban J connectivity index is 3.38. The molecule has 0 radical (unpaired) electrons. The maximum absolute atomic E-state index is 14.1. The average Bonchev–Trinajstić information content (AvgIpc) is 3.05. The Kier molecular flexibility index (Phi) is 21.6. The number of cyclic esters (lactones) is 3. The summed E-state index contributed by atoms with van der Waals surface area (Å²) >= 11 is 0. The predicted molar refractivity (Wildman–Crippen MR) is 171 cm³/mol. The second kappa shape index (κ2) is 23.6. The zero-order chi connectivity index (χ0) is 32.7. The van der Waals surface area contributed by atoms with Crippen LogP contribution in [0.3, 0.4) is 0 Å². The molecule has 4 atom stereocenters. The molecule has 0 aliphatic carbocycles. The molecule has 0 amide bonds. The van der Waals surface area contributed by atoms with Gasteiger partial charge in [-0.3, -0.25) is 0 Å².